The van der Waals surface area contributed by atoms with Gasteiger partial charge in [-0.3, -0.25) is 9.59 Å². The molecule has 0 saturated carbocycles. The Morgan fingerprint density at radius 1 is 1.19 bits per heavy atom. The number of pyridine rings is 1. The Morgan fingerprint density at radius 2 is 1.96 bits per heavy atom. The third-order valence-corrected chi connectivity index (χ3v) is 3.73. The van der Waals surface area contributed by atoms with Crippen LogP contribution in [0.4, 0.5) is 0 Å². The summed E-state index contributed by atoms with van der Waals surface area (Å²) in [5, 5.41) is 28.3. The number of hydrogen-bond acceptors (Lipinski definition) is 7. The summed E-state index contributed by atoms with van der Waals surface area (Å²) in [5.41, 5.74) is 1.35. The van der Waals surface area contributed by atoms with Gasteiger partial charge in [-0.15, -0.1) is 0 Å². The summed E-state index contributed by atoms with van der Waals surface area (Å²) in [7, 11) is 0. The highest BCUT2D eigenvalue weighted by atomic mass is 16.5. The van der Waals surface area contributed by atoms with Crippen LogP contribution in [-0.4, -0.2) is 28.4 Å². The molecule has 136 valence electrons. The fourth-order valence-corrected chi connectivity index (χ4v) is 2.49. The molecule has 7 heteroatoms. The van der Waals surface area contributed by atoms with Crippen molar-refractivity contribution < 1.29 is 19.4 Å². The van der Waals surface area contributed by atoms with E-state index in [1.54, 1.807) is 31.2 Å². The minimum Gasteiger partial charge on any atom is -0.504 e. The number of nitrogens with zero attached hydrogens (tertiary/aromatic N) is 3. The van der Waals surface area contributed by atoms with Gasteiger partial charge in [0.15, 0.2) is 11.5 Å². The van der Waals surface area contributed by atoms with E-state index in [0.29, 0.717) is 11.3 Å². The molecule has 2 rings (SSSR count). The molecular formula is C20H17N3O4. The number of aromatic hydroxyl groups is 1. The Balaban J connectivity index is 2.28. The lowest BCUT2D eigenvalue weighted by atomic mass is 10.0. The first-order chi connectivity index (χ1) is 13.0. The maximum atomic E-state index is 12.4. The van der Waals surface area contributed by atoms with E-state index in [4.69, 9.17) is 10.00 Å². The Morgan fingerprint density at radius 3 is 2.63 bits per heavy atom. The molecule has 7 nitrogen and oxygen atoms in total. The molecule has 0 saturated heterocycles. The highest BCUT2D eigenvalue weighted by molar-refractivity contribution is 5.98. The summed E-state index contributed by atoms with van der Waals surface area (Å²) in [5.74, 6) is -1.57. The predicted octanol–water partition coefficient (Wildman–Crippen LogP) is 2.65. The number of ether oxygens (including phenoxy) is 1. The second-order valence-corrected chi connectivity index (χ2v) is 5.69. The van der Waals surface area contributed by atoms with Crippen LogP contribution < -0.4 is 0 Å². The van der Waals surface area contributed by atoms with Crippen molar-refractivity contribution in [3.05, 3.63) is 58.4 Å². The molecule has 0 amide bonds. The molecule has 0 aliphatic carbocycles. The monoisotopic (exact) mass is 363 g/mol. The zero-order valence-electron chi connectivity index (χ0n) is 14.7. The highest BCUT2D eigenvalue weighted by Crippen LogP contribution is 2.24. The van der Waals surface area contributed by atoms with Crippen LogP contribution in [0, 0.1) is 22.7 Å². The first-order valence-corrected chi connectivity index (χ1v) is 8.29. The topological polar surface area (TPSA) is 124 Å². The second kappa shape index (κ2) is 9.12. The van der Waals surface area contributed by atoms with Crippen LogP contribution >= 0.6 is 0 Å². The van der Waals surface area contributed by atoms with Crippen molar-refractivity contribution in [3.63, 3.8) is 0 Å². The number of carbonyl (C=O) groups is 2. The van der Waals surface area contributed by atoms with E-state index in [-0.39, 0.29) is 37.1 Å². The van der Waals surface area contributed by atoms with Crippen molar-refractivity contribution in [1.82, 2.24) is 4.98 Å². The summed E-state index contributed by atoms with van der Waals surface area (Å²) in [6.45, 7) is 1.88. The summed E-state index contributed by atoms with van der Waals surface area (Å²) < 4.78 is 4.78. The molecule has 1 N–H and O–H groups in total. The van der Waals surface area contributed by atoms with E-state index < -0.39 is 17.5 Å². The third-order valence-electron chi connectivity index (χ3n) is 3.73. The lowest BCUT2D eigenvalue weighted by Gasteiger charge is -2.09. The number of Topliss-reactive ketones (excluding diaryl/α,β-unsaturated/α-hetero) is 1. The van der Waals surface area contributed by atoms with Crippen LogP contribution in [0.2, 0.25) is 0 Å². The van der Waals surface area contributed by atoms with E-state index in [1.165, 1.54) is 6.07 Å². The van der Waals surface area contributed by atoms with Crippen LogP contribution in [0.3, 0.4) is 0 Å². The Labute approximate surface area is 156 Å². The maximum absolute atomic E-state index is 12.4. The number of esters is 1. The molecule has 0 radical (unpaired) electrons. The Hall–Kier alpha value is -3.71. The van der Waals surface area contributed by atoms with Gasteiger partial charge < -0.3 is 9.84 Å². The molecule has 27 heavy (non-hydrogen) atoms. The van der Waals surface area contributed by atoms with Crippen molar-refractivity contribution in [2.24, 2.45) is 0 Å². The van der Waals surface area contributed by atoms with Crippen LogP contribution in [0.5, 0.6) is 5.75 Å². The number of benzene rings is 1. The third kappa shape index (κ3) is 5.13. The normalized spacial score (nSPS) is 9.89. The van der Waals surface area contributed by atoms with Crippen LogP contribution in [0.1, 0.15) is 52.6 Å². The zero-order chi connectivity index (χ0) is 19.8. The number of nitriles is 2. The second-order valence-electron chi connectivity index (χ2n) is 5.69. The highest BCUT2D eigenvalue weighted by Gasteiger charge is 2.19. The van der Waals surface area contributed by atoms with E-state index in [1.807, 2.05) is 12.1 Å². The molecule has 0 unspecified atom stereocenters. The SMILES string of the molecule is CCOC(=O)CCC(=O)c1nc(Cc2cccc(C#N)c2)cc(C#N)c1O. The average molecular weight is 363 g/mol. The molecule has 0 fully saturated rings. The van der Waals surface area contributed by atoms with Gasteiger partial charge in [0.2, 0.25) is 0 Å². The van der Waals surface area contributed by atoms with Gasteiger partial charge in [-0.2, -0.15) is 10.5 Å². The summed E-state index contributed by atoms with van der Waals surface area (Å²) in [6.07, 6.45) is -0.0373. The smallest absolute Gasteiger partial charge is 0.306 e. The van der Waals surface area contributed by atoms with Crippen molar-refractivity contribution in [3.8, 4) is 17.9 Å². The van der Waals surface area contributed by atoms with Crippen LogP contribution in [0.15, 0.2) is 30.3 Å². The van der Waals surface area contributed by atoms with Crippen molar-refractivity contribution in [1.29, 1.82) is 10.5 Å². The lowest BCUT2D eigenvalue weighted by molar-refractivity contribution is -0.143. The van der Waals surface area contributed by atoms with Crippen LogP contribution in [-0.2, 0) is 16.0 Å². The van der Waals surface area contributed by atoms with E-state index in [0.717, 1.165) is 5.56 Å². The number of aromatic nitrogens is 1. The zero-order valence-corrected chi connectivity index (χ0v) is 14.7. The van der Waals surface area contributed by atoms with Gasteiger partial charge in [-0.05, 0) is 30.7 Å². The number of carbonyl (C=O) groups excluding carboxylic acids is 2. The lowest BCUT2D eigenvalue weighted by Crippen LogP contribution is -2.11. The molecule has 0 aliphatic rings. The first kappa shape index (κ1) is 19.6. The van der Waals surface area contributed by atoms with E-state index in [2.05, 4.69) is 4.98 Å². The fourth-order valence-electron chi connectivity index (χ4n) is 2.49. The standard InChI is InChI=1S/C20H17N3O4/c1-2-27-18(25)7-6-17(24)19-20(26)15(12-22)10-16(23-19)9-13-4-3-5-14(8-13)11-21/h3-5,8,10,26H,2,6-7,9H2,1H3. The Bertz CT molecular complexity index is 955. The molecule has 0 atom stereocenters. The van der Waals surface area contributed by atoms with Crippen molar-refractivity contribution in [2.45, 2.75) is 26.2 Å². The average Bonchev–Trinajstić information content (AvgIpc) is 2.67. The number of hydrogen-bond donors (Lipinski definition) is 1. The summed E-state index contributed by atoms with van der Waals surface area (Å²) in [4.78, 5) is 28.0. The predicted molar refractivity (Wildman–Crippen MR) is 94.8 cm³/mol. The molecule has 1 aromatic heterocycles. The molecular weight excluding hydrogens is 346 g/mol. The largest absolute Gasteiger partial charge is 0.504 e. The molecule has 0 bridgehead atoms. The molecule has 0 spiro atoms. The van der Waals surface area contributed by atoms with Gasteiger partial charge in [-0.1, -0.05) is 12.1 Å². The number of ketones is 1. The van der Waals surface area contributed by atoms with Gasteiger partial charge in [0, 0.05) is 18.5 Å². The summed E-state index contributed by atoms with van der Waals surface area (Å²) in [6, 6.07) is 12.2. The maximum Gasteiger partial charge on any atom is 0.306 e. The first-order valence-electron chi connectivity index (χ1n) is 8.29. The van der Waals surface area contributed by atoms with Gasteiger partial charge in [0.1, 0.15) is 11.8 Å². The Kier molecular flexibility index (Phi) is 6.62. The van der Waals surface area contributed by atoms with Crippen LogP contribution in [0.25, 0.3) is 0 Å². The molecule has 1 aromatic carbocycles. The molecule has 0 aliphatic heterocycles. The fraction of sp³-hybridized carbons (Fsp3) is 0.250. The number of rotatable bonds is 7. The molecule has 1 heterocycles. The van der Waals surface area contributed by atoms with Gasteiger partial charge in [-0.25, -0.2) is 4.98 Å². The minimum atomic E-state index is -0.551. The van der Waals surface area contributed by atoms with E-state index >= 15 is 0 Å². The van der Waals surface area contributed by atoms with Crippen molar-refractivity contribution >= 4 is 11.8 Å². The summed E-state index contributed by atoms with van der Waals surface area (Å²) >= 11 is 0. The van der Waals surface area contributed by atoms with Crippen molar-refractivity contribution in [2.75, 3.05) is 6.61 Å². The molecule has 2 aromatic rings. The minimum absolute atomic E-state index is 0.0732. The van der Waals surface area contributed by atoms with Gasteiger partial charge >= 0.3 is 5.97 Å². The van der Waals surface area contributed by atoms with E-state index in [9.17, 15) is 20.0 Å². The quantitative estimate of drug-likeness (QED) is 0.592. The van der Waals surface area contributed by atoms with Gasteiger partial charge in [0.05, 0.1) is 30.2 Å². The van der Waals surface area contributed by atoms with Gasteiger partial charge in [0.25, 0.3) is 0 Å².